The molecule has 1 fully saturated rings. The summed E-state index contributed by atoms with van der Waals surface area (Å²) in [7, 11) is -2.89. The van der Waals surface area contributed by atoms with Gasteiger partial charge < -0.3 is 10.1 Å². The van der Waals surface area contributed by atoms with Crippen LogP contribution < -0.4 is 10.1 Å². The summed E-state index contributed by atoms with van der Waals surface area (Å²) in [5, 5.41) is 2.59. The Hall–Kier alpha value is -1.56. The molecule has 1 aromatic rings. The maximum atomic E-state index is 11.4. The smallest absolute Gasteiger partial charge is 0.410 e. The van der Waals surface area contributed by atoms with Gasteiger partial charge in [0.25, 0.3) is 0 Å². The lowest BCUT2D eigenvalue weighted by Gasteiger charge is -2.09. The van der Waals surface area contributed by atoms with Gasteiger partial charge in [0.2, 0.25) is 0 Å². The zero-order chi connectivity index (χ0) is 13.0. The van der Waals surface area contributed by atoms with Crippen molar-refractivity contribution >= 4 is 15.9 Å². The van der Waals surface area contributed by atoms with Crippen LogP contribution in [0.3, 0.4) is 0 Å². The number of hydrogen-bond acceptors (Lipinski definition) is 4. The number of ether oxygens (including phenoxy) is 1. The molecular weight excluding hydrogens is 254 g/mol. The summed E-state index contributed by atoms with van der Waals surface area (Å²) in [6.07, 6.45) is 0.0546. The SMILES string of the molecule is O=C(NC[C@H]1CCS(=O)(=O)C1)Oc1ccccc1. The summed E-state index contributed by atoms with van der Waals surface area (Å²) in [5.41, 5.74) is 0. The molecule has 5 nitrogen and oxygen atoms in total. The third-order valence-corrected chi connectivity index (χ3v) is 4.65. The zero-order valence-corrected chi connectivity index (χ0v) is 10.7. The van der Waals surface area contributed by atoms with Crippen molar-refractivity contribution in [1.82, 2.24) is 5.32 Å². The molecular formula is C12H15NO4S. The van der Waals surface area contributed by atoms with Gasteiger partial charge in [-0.3, -0.25) is 0 Å². The summed E-state index contributed by atoms with van der Waals surface area (Å²) >= 11 is 0. The number of rotatable bonds is 3. The minimum Gasteiger partial charge on any atom is -0.410 e. The van der Waals surface area contributed by atoms with Gasteiger partial charge in [-0.05, 0) is 24.5 Å². The van der Waals surface area contributed by atoms with Gasteiger partial charge in [0.15, 0.2) is 9.84 Å². The van der Waals surface area contributed by atoms with Gasteiger partial charge in [0.05, 0.1) is 11.5 Å². The Kier molecular flexibility index (Phi) is 3.86. The van der Waals surface area contributed by atoms with E-state index in [1.807, 2.05) is 6.07 Å². The Bertz CT molecular complexity index is 512. The first-order valence-electron chi connectivity index (χ1n) is 5.76. The van der Waals surface area contributed by atoms with Crippen LogP contribution in [0.2, 0.25) is 0 Å². The highest BCUT2D eigenvalue weighted by Gasteiger charge is 2.28. The second-order valence-corrected chi connectivity index (χ2v) is 6.58. The third kappa shape index (κ3) is 3.73. The van der Waals surface area contributed by atoms with Crippen LogP contribution in [0.15, 0.2) is 30.3 Å². The van der Waals surface area contributed by atoms with Crippen LogP contribution >= 0.6 is 0 Å². The first kappa shape index (κ1) is 12.9. The summed E-state index contributed by atoms with van der Waals surface area (Å²) < 4.78 is 27.5. The summed E-state index contributed by atoms with van der Waals surface area (Å²) in [5.74, 6) is 0.832. The fourth-order valence-corrected chi connectivity index (χ4v) is 3.75. The lowest BCUT2D eigenvalue weighted by atomic mass is 10.1. The van der Waals surface area contributed by atoms with E-state index in [0.29, 0.717) is 18.7 Å². The lowest BCUT2D eigenvalue weighted by Crippen LogP contribution is -2.32. The summed E-state index contributed by atoms with van der Waals surface area (Å²) in [6.45, 7) is 0.338. The van der Waals surface area contributed by atoms with Gasteiger partial charge in [-0.25, -0.2) is 13.2 Å². The molecule has 1 aromatic carbocycles. The van der Waals surface area contributed by atoms with E-state index in [0.717, 1.165) is 0 Å². The fraction of sp³-hybridized carbons (Fsp3) is 0.417. The van der Waals surface area contributed by atoms with E-state index >= 15 is 0 Å². The van der Waals surface area contributed by atoms with E-state index in [2.05, 4.69) is 5.32 Å². The Labute approximate surface area is 106 Å². The molecule has 0 aromatic heterocycles. The Morgan fingerprint density at radius 2 is 2.06 bits per heavy atom. The van der Waals surface area contributed by atoms with E-state index < -0.39 is 15.9 Å². The quantitative estimate of drug-likeness (QED) is 0.895. The molecule has 0 bridgehead atoms. The minimum atomic E-state index is -2.89. The molecule has 1 aliphatic heterocycles. The van der Waals surface area contributed by atoms with E-state index in [9.17, 15) is 13.2 Å². The number of carbonyl (C=O) groups is 1. The minimum absolute atomic E-state index is 0.00155. The highest BCUT2D eigenvalue weighted by molar-refractivity contribution is 7.91. The number of nitrogens with one attached hydrogen (secondary N) is 1. The molecule has 18 heavy (non-hydrogen) atoms. The molecule has 1 atom stereocenters. The van der Waals surface area contributed by atoms with E-state index in [4.69, 9.17) is 4.74 Å². The van der Waals surface area contributed by atoms with Crippen molar-refractivity contribution in [2.24, 2.45) is 5.92 Å². The fourth-order valence-electron chi connectivity index (χ4n) is 1.89. The molecule has 1 amide bonds. The summed E-state index contributed by atoms with van der Waals surface area (Å²) in [4.78, 5) is 11.4. The second kappa shape index (κ2) is 5.39. The first-order valence-corrected chi connectivity index (χ1v) is 7.58. The van der Waals surface area contributed by atoms with Crippen LogP contribution in [-0.4, -0.2) is 32.6 Å². The van der Waals surface area contributed by atoms with Crippen molar-refractivity contribution in [3.63, 3.8) is 0 Å². The maximum Gasteiger partial charge on any atom is 0.412 e. The number of hydrogen-bond donors (Lipinski definition) is 1. The molecule has 1 aliphatic rings. The van der Waals surface area contributed by atoms with Crippen molar-refractivity contribution in [3.8, 4) is 5.75 Å². The first-order chi connectivity index (χ1) is 8.55. The van der Waals surface area contributed by atoms with Crippen LogP contribution in [0.4, 0.5) is 4.79 Å². The average molecular weight is 269 g/mol. The normalized spacial score (nSPS) is 21.4. The predicted molar refractivity (Wildman–Crippen MR) is 67.2 cm³/mol. The average Bonchev–Trinajstić information content (AvgIpc) is 2.68. The van der Waals surface area contributed by atoms with E-state index in [1.165, 1.54) is 0 Å². The molecule has 0 unspecified atom stereocenters. The van der Waals surface area contributed by atoms with Crippen LogP contribution in [0, 0.1) is 5.92 Å². The lowest BCUT2D eigenvalue weighted by molar-refractivity contribution is 0.199. The molecule has 0 spiro atoms. The Balaban J connectivity index is 1.76. The summed E-state index contributed by atoms with van der Waals surface area (Å²) in [6, 6.07) is 8.73. The maximum absolute atomic E-state index is 11.4. The largest absolute Gasteiger partial charge is 0.412 e. The van der Waals surface area contributed by atoms with Crippen molar-refractivity contribution in [1.29, 1.82) is 0 Å². The number of benzene rings is 1. The number of sulfone groups is 1. The van der Waals surface area contributed by atoms with Gasteiger partial charge in [-0.1, -0.05) is 18.2 Å². The van der Waals surface area contributed by atoms with Crippen LogP contribution in [0.25, 0.3) is 0 Å². The van der Waals surface area contributed by atoms with Gasteiger partial charge in [0, 0.05) is 6.54 Å². The topological polar surface area (TPSA) is 72.5 Å². The molecule has 1 heterocycles. The van der Waals surface area contributed by atoms with Crippen LogP contribution in [0.1, 0.15) is 6.42 Å². The van der Waals surface area contributed by atoms with Gasteiger partial charge in [-0.2, -0.15) is 0 Å². The van der Waals surface area contributed by atoms with Crippen molar-refractivity contribution < 1.29 is 17.9 Å². The van der Waals surface area contributed by atoms with Crippen LogP contribution in [0.5, 0.6) is 5.75 Å². The molecule has 0 radical (unpaired) electrons. The van der Waals surface area contributed by atoms with Crippen molar-refractivity contribution in [3.05, 3.63) is 30.3 Å². The third-order valence-electron chi connectivity index (χ3n) is 2.82. The number of para-hydroxylation sites is 1. The van der Waals surface area contributed by atoms with E-state index in [1.54, 1.807) is 24.3 Å². The van der Waals surface area contributed by atoms with Gasteiger partial charge in [0.1, 0.15) is 5.75 Å². The number of amides is 1. The monoisotopic (exact) mass is 269 g/mol. The molecule has 6 heteroatoms. The zero-order valence-electron chi connectivity index (χ0n) is 9.83. The highest BCUT2D eigenvalue weighted by Crippen LogP contribution is 2.17. The molecule has 2 rings (SSSR count). The molecule has 1 saturated heterocycles. The Morgan fingerprint density at radius 1 is 1.33 bits per heavy atom. The van der Waals surface area contributed by atoms with Crippen molar-refractivity contribution in [2.45, 2.75) is 6.42 Å². The van der Waals surface area contributed by atoms with Crippen molar-refractivity contribution in [2.75, 3.05) is 18.1 Å². The molecule has 0 saturated carbocycles. The second-order valence-electron chi connectivity index (χ2n) is 4.35. The predicted octanol–water partition coefficient (Wildman–Crippen LogP) is 1.21. The van der Waals surface area contributed by atoms with E-state index in [-0.39, 0.29) is 17.4 Å². The van der Waals surface area contributed by atoms with Crippen LogP contribution in [-0.2, 0) is 9.84 Å². The Morgan fingerprint density at radius 3 is 2.67 bits per heavy atom. The highest BCUT2D eigenvalue weighted by atomic mass is 32.2. The molecule has 0 aliphatic carbocycles. The molecule has 1 N–H and O–H groups in total. The van der Waals surface area contributed by atoms with Gasteiger partial charge in [-0.15, -0.1) is 0 Å². The van der Waals surface area contributed by atoms with Gasteiger partial charge >= 0.3 is 6.09 Å². The number of carbonyl (C=O) groups excluding carboxylic acids is 1. The molecule has 98 valence electrons. The standard InChI is InChI=1S/C12H15NO4S/c14-12(17-11-4-2-1-3-5-11)13-8-10-6-7-18(15,16)9-10/h1-5,10H,6-9H2,(H,13,14)/t10-/m1/s1.